The van der Waals surface area contributed by atoms with Crippen molar-refractivity contribution in [2.75, 3.05) is 23.7 Å². The molecule has 3 N–H and O–H groups in total. The fourth-order valence-corrected chi connectivity index (χ4v) is 5.33. The Morgan fingerprint density at radius 2 is 1.71 bits per heavy atom. The van der Waals surface area contributed by atoms with Crippen LogP contribution in [0.5, 0.6) is 0 Å². The molecule has 0 spiro atoms. The van der Waals surface area contributed by atoms with Gasteiger partial charge in [0.15, 0.2) is 0 Å². The van der Waals surface area contributed by atoms with Gasteiger partial charge in [0.1, 0.15) is 0 Å². The Morgan fingerprint density at radius 3 is 2.38 bits per heavy atom. The average molecular weight is 573 g/mol. The normalized spacial score (nSPS) is 16.7. The topological polar surface area (TPSA) is 135 Å². The zero-order valence-electron chi connectivity index (χ0n) is 23.9. The molecular weight excluding hydrogens is 536 g/mol. The lowest BCUT2D eigenvalue weighted by molar-refractivity contribution is -0.111. The summed E-state index contributed by atoms with van der Waals surface area (Å²) in [7, 11) is 0. The van der Waals surface area contributed by atoms with E-state index in [9.17, 15) is 24.0 Å². The first-order valence-corrected chi connectivity index (χ1v) is 14.3. The van der Waals surface area contributed by atoms with E-state index in [1.165, 1.54) is 10.6 Å². The number of hydrogen-bond donors (Lipinski definition) is 3. The quantitative estimate of drug-likeness (QED) is 0.354. The third-order valence-corrected chi connectivity index (χ3v) is 7.72. The van der Waals surface area contributed by atoms with Crippen LogP contribution in [0.25, 0.3) is 10.9 Å². The molecule has 1 saturated carbocycles. The van der Waals surface area contributed by atoms with Gasteiger partial charge in [0.25, 0.3) is 11.5 Å². The van der Waals surface area contributed by atoms with Crippen molar-refractivity contribution in [2.24, 2.45) is 5.92 Å². The molecule has 1 aromatic heterocycles. The molecular formula is C31H36N6O5. The Morgan fingerprint density at radius 1 is 1.00 bits per heavy atom. The van der Waals surface area contributed by atoms with Crippen LogP contribution < -0.4 is 27.2 Å². The number of benzene rings is 2. The first-order valence-electron chi connectivity index (χ1n) is 14.3. The van der Waals surface area contributed by atoms with Gasteiger partial charge in [-0.15, -0.1) is 0 Å². The molecule has 2 aromatic carbocycles. The number of piperidine rings is 1. The first kappa shape index (κ1) is 28.8. The minimum Gasteiger partial charge on any atom is -0.348 e. The summed E-state index contributed by atoms with van der Waals surface area (Å²) in [5, 5.41) is 8.92. The third-order valence-electron chi connectivity index (χ3n) is 7.72. The van der Waals surface area contributed by atoms with Crippen molar-refractivity contribution >= 4 is 40.1 Å². The van der Waals surface area contributed by atoms with Crippen molar-refractivity contribution in [3.8, 4) is 0 Å². The second-order valence-electron chi connectivity index (χ2n) is 11.3. The van der Waals surface area contributed by atoms with Crippen LogP contribution in [0.3, 0.4) is 0 Å². The van der Waals surface area contributed by atoms with E-state index in [2.05, 4.69) is 22.5 Å². The van der Waals surface area contributed by atoms with Crippen LogP contribution in [0.15, 0.2) is 64.7 Å². The largest absolute Gasteiger partial charge is 0.348 e. The maximum atomic E-state index is 13.3. The van der Waals surface area contributed by atoms with Crippen molar-refractivity contribution in [1.29, 1.82) is 0 Å². The Labute approximate surface area is 243 Å². The predicted octanol–water partition coefficient (Wildman–Crippen LogP) is 3.70. The monoisotopic (exact) mass is 572 g/mol. The molecule has 1 aliphatic heterocycles. The molecule has 3 aromatic rings. The van der Waals surface area contributed by atoms with E-state index >= 15 is 0 Å². The van der Waals surface area contributed by atoms with E-state index in [0.29, 0.717) is 53.4 Å². The number of aromatic nitrogens is 2. The molecule has 4 amide bonds. The summed E-state index contributed by atoms with van der Waals surface area (Å²) in [5.74, 6) is -0.247. The van der Waals surface area contributed by atoms with E-state index in [4.69, 9.17) is 0 Å². The van der Waals surface area contributed by atoms with Crippen molar-refractivity contribution < 1.29 is 14.4 Å². The Balaban J connectivity index is 1.27. The molecule has 1 atom stereocenters. The highest BCUT2D eigenvalue weighted by Crippen LogP contribution is 2.30. The molecule has 0 radical (unpaired) electrons. The number of fused-ring (bicyclic) bond motifs is 1. The van der Waals surface area contributed by atoms with Gasteiger partial charge in [-0.3, -0.25) is 23.5 Å². The maximum absolute atomic E-state index is 13.3. The van der Waals surface area contributed by atoms with Gasteiger partial charge in [0, 0.05) is 48.7 Å². The number of nitrogens with zero attached hydrogens (tertiary/aromatic N) is 3. The molecule has 1 aliphatic carbocycles. The van der Waals surface area contributed by atoms with E-state index in [0.717, 1.165) is 25.7 Å². The number of amides is 4. The Hall–Kier alpha value is -4.67. The summed E-state index contributed by atoms with van der Waals surface area (Å²) in [6.07, 6.45) is 4.64. The standard InChI is InChI=1S/C31H36N6O5/c1-4-27(38)32-22-11-9-21(10-12-22)28(39)33-24-6-5-15-35(18-24)30(41)34-23-13-14-26-25(16-23)29(40)36(17-20-7-8-20)31(42)37(26)19(2)3/h4,9-14,16,19-20,24H,1,5-8,15,17-18H2,2-3H3,(H,32,38)(H,33,39)(H,34,41)/t24-/m1/s1. The number of hydrogen-bond acceptors (Lipinski definition) is 5. The van der Waals surface area contributed by atoms with Gasteiger partial charge >= 0.3 is 11.7 Å². The molecule has 0 bridgehead atoms. The fourth-order valence-electron chi connectivity index (χ4n) is 5.33. The van der Waals surface area contributed by atoms with Gasteiger partial charge in [0.05, 0.1) is 10.9 Å². The van der Waals surface area contributed by atoms with Crippen LogP contribution >= 0.6 is 0 Å². The average Bonchev–Trinajstić information content (AvgIpc) is 3.80. The van der Waals surface area contributed by atoms with E-state index < -0.39 is 0 Å². The number of likely N-dealkylation sites (tertiary alicyclic amines) is 1. The highest BCUT2D eigenvalue weighted by atomic mass is 16.2. The van der Waals surface area contributed by atoms with Gasteiger partial charge in [-0.25, -0.2) is 9.59 Å². The predicted molar refractivity (Wildman–Crippen MR) is 162 cm³/mol. The lowest BCUT2D eigenvalue weighted by Crippen LogP contribution is -2.50. The van der Waals surface area contributed by atoms with Crippen molar-refractivity contribution in [3.63, 3.8) is 0 Å². The second kappa shape index (κ2) is 12.1. The number of carbonyl (C=O) groups is 3. The third kappa shape index (κ3) is 6.29. The number of urea groups is 1. The number of anilines is 2. The van der Waals surface area contributed by atoms with Crippen LogP contribution in [-0.4, -0.2) is 51.0 Å². The molecule has 11 nitrogen and oxygen atoms in total. The summed E-state index contributed by atoms with van der Waals surface area (Å²) in [6.45, 7) is 8.51. The SMILES string of the molecule is C=CC(=O)Nc1ccc(C(=O)N[C@@H]2CCCN(C(=O)Nc3ccc4c(c3)c(=O)n(CC3CC3)c(=O)n4C(C)C)C2)cc1. The minimum atomic E-state index is -0.341. The van der Waals surface area contributed by atoms with E-state index in [1.54, 1.807) is 51.9 Å². The van der Waals surface area contributed by atoms with Gasteiger partial charge in [-0.2, -0.15) is 0 Å². The highest BCUT2D eigenvalue weighted by Gasteiger charge is 2.27. The molecule has 11 heteroatoms. The molecule has 1 saturated heterocycles. The Kier molecular flexibility index (Phi) is 8.28. The lowest BCUT2D eigenvalue weighted by atomic mass is 10.1. The zero-order chi connectivity index (χ0) is 30.0. The van der Waals surface area contributed by atoms with Gasteiger partial charge in [0.2, 0.25) is 5.91 Å². The van der Waals surface area contributed by atoms with E-state index in [-0.39, 0.29) is 41.2 Å². The van der Waals surface area contributed by atoms with Crippen LogP contribution in [0, 0.1) is 5.92 Å². The fraction of sp³-hybridized carbons (Fsp3) is 0.387. The number of carbonyl (C=O) groups excluding carboxylic acids is 3. The van der Waals surface area contributed by atoms with E-state index in [1.807, 2.05) is 13.8 Å². The van der Waals surface area contributed by atoms with Crippen molar-refractivity contribution in [3.05, 3.63) is 81.5 Å². The molecule has 2 heterocycles. The second-order valence-corrected chi connectivity index (χ2v) is 11.3. The van der Waals surface area contributed by atoms with Crippen LogP contribution in [0.1, 0.15) is 55.9 Å². The minimum absolute atomic E-state index is 0.136. The molecule has 220 valence electrons. The molecule has 5 rings (SSSR count). The zero-order valence-corrected chi connectivity index (χ0v) is 23.9. The molecule has 0 unspecified atom stereocenters. The van der Waals surface area contributed by atoms with Crippen molar-refractivity contribution in [1.82, 2.24) is 19.4 Å². The van der Waals surface area contributed by atoms with Gasteiger partial charge in [-0.05, 0) is 94.0 Å². The molecule has 2 aliphatic rings. The highest BCUT2D eigenvalue weighted by molar-refractivity contribution is 6.00. The van der Waals surface area contributed by atoms with Gasteiger partial charge < -0.3 is 20.9 Å². The molecule has 42 heavy (non-hydrogen) atoms. The summed E-state index contributed by atoms with van der Waals surface area (Å²) in [5.41, 5.74) is 1.36. The van der Waals surface area contributed by atoms with Crippen LogP contribution in [0.2, 0.25) is 0 Å². The maximum Gasteiger partial charge on any atom is 0.331 e. The summed E-state index contributed by atoms with van der Waals surface area (Å²) in [6, 6.07) is 10.9. The smallest absolute Gasteiger partial charge is 0.331 e. The lowest BCUT2D eigenvalue weighted by Gasteiger charge is -2.33. The summed E-state index contributed by atoms with van der Waals surface area (Å²) >= 11 is 0. The number of rotatable bonds is 8. The summed E-state index contributed by atoms with van der Waals surface area (Å²) in [4.78, 5) is 65.6. The molecule has 2 fully saturated rings. The van der Waals surface area contributed by atoms with Gasteiger partial charge in [-0.1, -0.05) is 6.58 Å². The first-order chi connectivity index (χ1) is 20.1. The van der Waals surface area contributed by atoms with Crippen LogP contribution in [-0.2, 0) is 11.3 Å². The number of nitrogens with one attached hydrogen (secondary N) is 3. The van der Waals surface area contributed by atoms with Crippen molar-refractivity contribution in [2.45, 2.75) is 58.2 Å². The Bertz CT molecular complexity index is 1650. The van der Waals surface area contributed by atoms with Crippen LogP contribution in [0.4, 0.5) is 16.2 Å². The summed E-state index contributed by atoms with van der Waals surface area (Å²) < 4.78 is 2.96.